The average Bonchev–Trinajstić information content (AvgIpc) is 3.12. The highest BCUT2D eigenvalue weighted by atomic mass is 16.7. The summed E-state index contributed by atoms with van der Waals surface area (Å²) in [6.07, 6.45) is 0. The van der Waals surface area contributed by atoms with Crippen LogP contribution in [0.15, 0.2) is 42.5 Å². The fourth-order valence-electron chi connectivity index (χ4n) is 2.20. The maximum absolute atomic E-state index is 11.8. The van der Waals surface area contributed by atoms with E-state index in [9.17, 15) is 4.79 Å². The van der Waals surface area contributed by atoms with Crippen LogP contribution in [0.3, 0.4) is 0 Å². The Morgan fingerprint density at radius 2 is 1.72 bits per heavy atom. The van der Waals surface area contributed by atoms with Crippen LogP contribution < -0.4 is 29.0 Å². The van der Waals surface area contributed by atoms with Gasteiger partial charge in [0.05, 0.1) is 13.7 Å². The number of benzene rings is 2. The largest absolute Gasteiger partial charge is 0.497 e. The fraction of sp³-hybridized carbons (Fsp3) is 0.278. The van der Waals surface area contributed by atoms with Crippen LogP contribution in [0.4, 0.5) is 0 Å². The minimum absolute atomic E-state index is 0.0812. The van der Waals surface area contributed by atoms with Crippen LogP contribution >= 0.6 is 0 Å². The first-order valence-corrected chi connectivity index (χ1v) is 7.80. The van der Waals surface area contributed by atoms with Gasteiger partial charge in [-0.05, 0) is 36.4 Å². The first-order valence-electron chi connectivity index (χ1n) is 7.80. The van der Waals surface area contributed by atoms with Crippen molar-refractivity contribution in [3.63, 3.8) is 0 Å². The van der Waals surface area contributed by atoms with Crippen LogP contribution in [-0.2, 0) is 4.79 Å². The lowest BCUT2D eigenvalue weighted by atomic mass is 10.3. The van der Waals surface area contributed by atoms with Crippen LogP contribution in [0.25, 0.3) is 0 Å². The van der Waals surface area contributed by atoms with Gasteiger partial charge in [-0.15, -0.1) is 0 Å². The Labute approximate surface area is 145 Å². The van der Waals surface area contributed by atoms with Crippen molar-refractivity contribution in [2.24, 2.45) is 0 Å². The predicted octanol–water partition coefficient (Wildman–Crippen LogP) is 2.00. The molecule has 2 aromatic carbocycles. The molecule has 1 heterocycles. The summed E-state index contributed by atoms with van der Waals surface area (Å²) in [5.41, 5.74) is 0. The van der Waals surface area contributed by atoms with Gasteiger partial charge in [-0.2, -0.15) is 0 Å². The number of methoxy groups -OCH3 is 1. The molecule has 1 aliphatic heterocycles. The van der Waals surface area contributed by atoms with Gasteiger partial charge in [0.2, 0.25) is 6.79 Å². The van der Waals surface area contributed by atoms with Crippen LogP contribution in [0.2, 0.25) is 0 Å². The second-order valence-corrected chi connectivity index (χ2v) is 5.18. The molecule has 2 aromatic rings. The lowest BCUT2D eigenvalue weighted by Crippen LogP contribution is -2.32. The molecule has 0 unspecified atom stereocenters. The van der Waals surface area contributed by atoms with E-state index in [1.807, 2.05) is 24.3 Å². The van der Waals surface area contributed by atoms with Crippen molar-refractivity contribution in [1.82, 2.24) is 5.32 Å². The van der Waals surface area contributed by atoms with Gasteiger partial charge in [0.15, 0.2) is 18.1 Å². The quantitative estimate of drug-likeness (QED) is 0.738. The molecule has 7 heteroatoms. The molecule has 0 atom stereocenters. The van der Waals surface area contributed by atoms with E-state index in [1.54, 1.807) is 25.3 Å². The molecule has 0 aromatic heterocycles. The van der Waals surface area contributed by atoms with E-state index in [2.05, 4.69) is 5.32 Å². The third kappa shape index (κ3) is 4.69. The molecular formula is C18H19NO6. The van der Waals surface area contributed by atoms with E-state index in [0.29, 0.717) is 36.1 Å². The maximum atomic E-state index is 11.8. The van der Waals surface area contributed by atoms with Crippen LogP contribution in [0.5, 0.6) is 28.7 Å². The van der Waals surface area contributed by atoms with Crippen LogP contribution in [0, 0.1) is 0 Å². The number of ether oxygens (including phenoxy) is 5. The van der Waals surface area contributed by atoms with Gasteiger partial charge in [-0.1, -0.05) is 0 Å². The highest BCUT2D eigenvalue weighted by molar-refractivity contribution is 5.77. The molecule has 0 aliphatic carbocycles. The first kappa shape index (κ1) is 16.8. The minimum Gasteiger partial charge on any atom is -0.497 e. The molecule has 0 saturated carbocycles. The zero-order valence-electron chi connectivity index (χ0n) is 13.8. The smallest absolute Gasteiger partial charge is 0.258 e. The highest BCUT2D eigenvalue weighted by Gasteiger charge is 2.14. The molecular weight excluding hydrogens is 326 g/mol. The summed E-state index contributed by atoms with van der Waals surface area (Å²) in [4.78, 5) is 11.8. The van der Waals surface area contributed by atoms with Crippen LogP contribution in [-0.4, -0.2) is 39.6 Å². The second-order valence-electron chi connectivity index (χ2n) is 5.18. The number of amides is 1. The molecule has 0 radical (unpaired) electrons. The number of hydrogen-bond donors (Lipinski definition) is 1. The van der Waals surface area contributed by atoms with Gasteiger partial charge in [0.25, 0.3) is 5.91 Å². The van der Waals surface area contributed by atoms with Crippen molar-refractivity contribution in [3.8, 4) is 28.7 Å². The van der Waals surface area contributed by atoms with Crippen molar-refractivity contribution < 1.29 is 28.5 Å². The molecule has 1 amide bonds. The van der Waals surface area contributed by atoms with Gasteiger partial charge in [-0.25, -0.2) is 0 Å². The molecule has 132 valence electrons. The predicted molar refractivity (Wildman–Crippen MR) is 89.6 cm³/mol. The van der Waals surface area contributed by atoms with Gasteiger partial charge in [0.1, 0.15) is 23.9 Å². The molecule has 0 bridgehead atoms. The summed E-state index contributed by atoms with van der Waals surface area (Å²) in [6.45, 7) is 0.868. The SMILES string of the molecule is COc1ccc(OCCNC(=O)COc2ccc3c(c2)OCO3)cc1. The van der Waals surface area contributed by atoms with Gasteiger partial charge in [-0.3, -0.25) is 4.79 Å². The van der Waals surface area contributed by atoms with E-state index in [0.717, 1.165) is 5.75 Å². The monoisotopic (exact) mass is 345 g/mol. The molecule has 0 spiro atoms. The Kier molecular flexibility index (Phi) is 5.46. The van der Waals surface area contributed by atoms with Crippen molar-refractivity contribution in [2.45, 2.75) is 0 Å². The molecule has 0 saturated heterocycles. The van der Waals surface area contributed by atoms with E-state index < -0.39 is 0 Å². The van der Waals surface area contributed by atoms with Gasteiger partial charge in [0, 0.05) is 6.07 Å². The number of carbonyl (C=O) groups is 1. The molecule has 25 heavy (non-hydrogen) atoms. The number of carbonyl (C=O) groups excluding carboxylic acids is 1. The molecule has 7 nitrogen and oxygen atoms in total. The Morgan fingerprint density at radius 3 is 2.52 bits per heavy atom. The number of fused-ring (bicyclic) bond motifs is 1. The lowest BCUT2D eigenvalue weighted by molar-refractivity contribution is -0.123. The minimum atomic E-state index is -0.226. The zero-order valence-corrected chi connectivity index (χ0v) is 13.8. The summed E-state index contributed by atoms with van der Waals surface area (Å²) in [5, 5.41) is 2.73. The first-order chi connectivity index (χ1) is 12.2. The summed E-state index contributed by atoms with van der Waals surface area (Å²) < 4.78 is 26.5. The molecule has 1 aliphatic rings. The topological polar surface area (TPSA) is 75.3 Å². The molecule has 3 rings (SSSR count). The standard InChI is InChI=1S/C18H19NO6/c1-21-13-2-4-14(5-3-13)22-9-8-19-18(20)11-23-15-6-7-16-17(10-15)25-12-24-16/h2-7,10H,8-9,11-12H2,1H3,(H,19,20). The maximum Gasteiger partial charge on any atom is 0.258 e. The van der Waals surface area contributed by atoms with E-state index in [-0.39, 0.29) is 19.3 Å². The number of nitrogens with one attached hydrogen (secondary N) is 1. The summed E-state index contributed by atoms with van der Waals surface area (Å²) in [5.74, 6) is 3.09. The summed E-state index contributed by atoms with van der Waals surface area (Å²) in [7, 11) is 1.61. The van der Waals surface area contributed by atoms with Crippen molar-refractivity contribution in [3.05, 3.63) is 42.5 Å². The normalized spacial score (nSPS) is 11.7. The third-order valence-electron chi connectivity index (χ3n) is 3.47. The number of rotatable bonds is 8. The Hall–Kier alpha value is -3.09. The molecule has 1 N–H and O–H groups in total. The van der Waals surface area contributed by atoms with Gasteiger partial charge < -0.3 is 29.0 Å². The zero-order chi connectivity index (χ0) is 17.5. The molecule has 0 fully saturated rings. The highest BCUT2D eigenvalue weighted by Crippen LogP contribution is 2.34. The average molecular weight is 345 g/mol. The lowest BCUT2D eigenvalue weighted by Gasteiger charge is -2.09. The van der Waals surface area contributed by atoms with Crippen LogP contribution in [0.1, 0.15) is 0 Å². The Morgan fingerprint density at radius 1 is 1.00 bits per heavy atom. The summed E-state index contributed by atoms with van der Waals surface area (Å²) in [6, 6.07) is 12.4. The van der Waals surface area contributed by atoms with E-state index >= 15 is 0 Å². The second kappa shape index (κ2) is 8.14. The Balaban J connectivity index is 1.34. The van der Waals surface area contributed by atoms with Crippen molar-refractivity contribution in [1.29, 1.82) is 0 Å². The summed E-state index contributed by atoms with van der Waals surface area (Å²) >= 11 is 0. The van der Waals surface area contributed by atoms with Crippen molar-refractivity contribution in [2.75, 3.05) is 33.7 Å². The van der Waals surface area contributed by atoms with Gasteiger partial charge >= 0.3 is 0 Å². The van der Waals surface area contributed by atoms with Crippen molar-refractivity contribution >= 4 is 5.91 Å². The third-order valence-corrected chi connectivity index (χ3v) is 3.47. The van der Waals surface area contributed by atoms with E-state index in [1.165, 1.54) is 0 Å². The van der Waals surface area contributed by atoms with E-state index in [4.69, 9.17) is 23.7 Å². The Bertz CT molecular complexity index is 716. The number of hydrogen-bond acceptors (Lipinski definition) is 6. The fourth-order valence-corrected chi connectivity index (χ4v) is 2.20.